The molecule has 0 aliphatic carbocycles. The summed E-state index contributed by atoms with van der Waals surface area (Å²) in [5, 5.41) is 10.1. The van der Waals surface area contributed by atoms with Gasteiger partial charge >= 0.3 is 0 Å². The molecule has 0 amide bonds. The second-order valence-electron chi connectivity index (χ2n) is 2.25. The lowest BCUT2D eigenvalue weighted by molar-refractivity contribution is 0.476. The van der Waals surface area contributed by atoms with Crippen molar-refractivity contribution in [3.05, 3.63) is 30.5 Å². The van der Waals surface area contributed by atoms with Crippen LogP contribution in [0.3, 0.4) is 0 Å². The van der Waals surface area contributed by atoms with Crippen molar-refractivity contribution >= 4 is 23.3 Å². The molecule has 2 aromatic rings. The van der Waals surface area contributed by atoms with Crippen LogP contribution in [0.1, 0.15) is 0 Å². The van der Waals surface area contributed by atoms with Gasteiger partial charge in [0.1, 0.15) is 5.75 Å². The molecule has 0 aliphatic heterocycles. The highest BCUT2D eigenvalue weighted by Crippen LogP contribution is 2.17. The fraction of sp³-hybridized carbons (Fsp3) is 0. The number of aromatic hydroxyl groups is 1. The van der Waals surface area contributed by atoms with Gasteiger partial charge in [0, 0.05) is 17.1 Å². The Morgan fingerprint density at radius 1 is 1.18 bits per heavy atom. The fourth-order valence-corrected chi connectivity index (χ4v) is 1.04. The van der Waals surface area contributed by atoms with Gasteiger partial charge in [-0.2, -0.15) is 0 Å². The second-order valence-corrected chi connectivity index (χ2v) is 2.25. The number of hydrogen-bond acceptors (Lipinski definition) is 1. The van der Waals surface area contributed by atoms with E-state index in [9.17, 15) is 0 Å². The van der Waals surface area contributed by atoms with E-state index in [1.165, 1.54) is 0 Å². The molecule has 0 aliphatic rings. The van der Waals surface area contributed by atoms with E-state index in [0.29, 0.717) is 5.75 Å². The lowest BCUT2D eigenvalue weighted by Crippen LogP contribution is -1.65. The van der Waals surface area contributed by atoms with E-state index < -0.39 is 0 Å². The van der Waals surface area contributed by atoms with Crippen LogP contribution in [-0.2, 0) is 0 Å². The maximum Gasteiger partial charge on any atom is 0.116 e. The lowest BCUT2D eigenvalue weighted by atomic mass is 10.2. The van der Waals surface area contributed by atoms with Crippen LogP contribution in [0.25, 0.3) is 10.9 Å². The molecule has 1 aromatic heterocycles. The van der Waals surface area contributed by atoms with Crippen LogP contribution in [0, 0.1) is 0 Å². The van der Waals surface area contributed by atoms with Crippen LogP contribution in [0.2, 0.25) is 0 Å². The zero-order valence-corrected chi connectivity index (χ0v) is 6.56. The average Bonchev–Trinajstić information content (AvgIpc) is 2.33. The Bertz CT molecular complexity index is 356. The first kappa shape index (κ1) is 7.95. The standard InChI is InChI=1S/C8H7NO.ClH/c10-7-1-2-8-6(5-7)3-4-9-8;/h1-5,9-10H;1H. The van der Waals surface area contributed by atoms with E-state index >= 15 is 0 Å². The minimum atomic E-state index is 0. The zero-order chi connectivity index (χ0) is 6.97. The third-order valence-corrected chi connectivity index (χ3v) is 1.54. The summed E-state index contributed by atoms with van der Waals surface area (Å²) in [5.41, 5.74) is 1.05. The third kappa shape index (κ3) is 1.30. The first-order valence-corrected chi connectivity index (χ1v) is 3.12. The molecule has 0 unspecified atom stereocenters. The van der Waals surface area contributed by atoms with Crippen LogP contribution >= 0.6 is 12.4 Å². The van der Waals surface area contributed by atoms with E-state index in [2.05, 4.69) is 4.98 Å². The van der Waals surface area contributed by atoms with Crippen molar-refractivity contribution in [1.29, 1.82) is 0 Å². The molecule has 58 valence electrons. The Balaban J connectivity index is 0.000000605. The van der Waals surface area contributed by atoms with E-state index in [1.807, 2.05) is 18.3 Å². The minimum Gasteiger partial charge on any atom is -0.508 e. The van der Waals surface area contributed by atoms with Gasteiger partial charge in [-0.3, -0.25) is 0 Å². The van der Waals surface area contributed by atoms with Gasteiger partial charge in [0.2, 0.25) is 0 Å². The molecule has 0 saturated heterocycles. The van der Waals surface area contributed by atoms with Gasteiger partial charge in [0.15, 0.2) is 0 Å². The van der Waals surface area contributed by atoms with E-state index in [-0.39, 0.29) is 12.4 Å². The highest BCUT2D eigenvalue weighted by Gasteiger charge is 1.92. The van der Waals surface area contributed by atoms with Crippen molar-refractivity contribution in [2.45, 2.75) is 0 Å². The molecule has 0 bridgehead atoms. The van der Waals surface area contributed by atoms with E-state index in [0.717, 1.165) is 10.9 Å². The molecular weight excluding hydrogens is 162 g/mol. The number of phenols is 1. The molecule has 0 atom stereocenters. The van der Waals surface area contributed by atoms with Crippen LogP contribution in [-0.4, -0.2) is 10.1 Å². The number of nitrogens with one attached hydrogen (secondary N) is 1. The van der Waals surface area contributed by atoms with Crippen molar-refractivity contribution in [3.8, 4) is 5.75 Å². The van der Waals surface area contributed by atoms with Gasteiger partial charge in [-0.1, -0.05) is 0 Å². The molecular formula is C8H8ClNO. The van der Waals surface area contributed by atoms with Crippen LogP contribution < -0.4 is 0 Å². The summed E-state index contributed by atoms with van der Waals surface area (Å²) in [4.78, 5) is 3.04. The first-order chi connectivity index (χ1) is 4.86. The smallest absolute Gasteiger partial charge is 0.116 e. The average molecular weight is 170 g/mol. The molecule has 2 rings (SSSR count). The summed E-state index contributed by atoms with van der Waals surface area (Å²) in [6, 6.07) is 7.17. The summed E-state index contributed by atoms with van der Waals surface area (Å²) in [5.74, 6) is 0.312. The number of rotatable bonds is 0. The monoisotopic (exact) mass is 169 g/mol. The number of fused-ring (bicyclic) bond motifs is 1. The number of aromatic amines is 1. The normalized spacial score (nSPS) is 9.45. The topological polar surface area (TPSA) is 36.0 Å². The van der Waals surface area contributed by atoms with E-state index in [4.69, 9.17) is 5.11 Å². The number of phenolic OH excluding ortho intramolecular Hbond substituents is 1. The molecule has 0 radical (unpaired) electrons. The van der Waals surface area contributed by atoms with Gasteiger partial charge in [-0.25, -0.2) is 0 Å². The molecule has 2 N–H and O–H groups in total. The van der Waals surface area contributed by atoms with Gasteiger partial charge in [0.25, 0.3) is 0 Å². The molecule has 1 heterocycles. The van der Waals surface area contributed by atoms with Crippen molar-refractivity contribution in [2.24, 2.45) is 0 Å². The summed E-state index contributed by atoms with van der Waals surface area (Å²) in [7, 11) is 0. The Morgan fingerprint density at radius 2 is 2.00 bits per heavy atom. The fourth-order valence-electron chi connectivity index (χ4n) is 1.04. The second kappa shape index (κ2) is 2.84. The maximum absolute atomic E-state index is 9.03. The van der Waals surface area contributed by atoms with Crippen LogP contribution in [0.4, 0.5) is 0 Å². The highest BCUT2D eigenvalue weighted by atomic mass is 35.5. The van der Waals surface area contributed by atoms with Gasteiger partial charge in [0.05, 0.1) is 0 Å². The molecule has 0 spiro atoms. The molecule has 2 nitrogen and oxygen atoms in total. The predicted molar refractivity (Wildman–Crippen MR) is 47.2 cm³/mol. The Hall–Kier alpha value is -1.15. The Labute approximate surface area is 70.3 Å². The molecule has 11 heavy (non-hydrogen) atoms. The number of halogens is 1. The third-order valence-electron chi connectivity index (χ3n) is 1.54. The SMILES string of the molecule is Cl.Oc1ccc2[nH]ccc2c1. The number of aromatic nitrogens is 1. The van der Waals surface area contributed by atoms with Gasteiger partial charge in [-0.05, 0) is 24.3 Å². The molecule has 1 aromatic carbocycles. The zero-order valence-electron chi connectivity index (χ0n) is 5.74. The van der Waals surface area contributed by atoms with Crippen molar-refractivity contribution < 1.29 is 5.11 Å². The lowest BCUT2D eigenvalue weighted by Gasteiger charge is -1.89. The maximum atomic E-state index is 9.03. The highest BCUT2D eigenvalue weighted by molar-refractivity contribution is 5.85. The predicted octanol–water partition coefficient (Wildman–Crippen LogP) is 2.30. The molecule has 0 fully saturated rings. The van der Waals surface area contributed by atoms with Gasteiger partial charge < -0.3 is 10.1 Å². The van der Waals surface area contributed by atoms with Crippen LogP contribution in [0.15, 0.2) is 30.5 Å². The van der Waals surface area contributed by atoms with Crippen molar-refractivity contribution in [3.63, 3.8) is 0 Å². The summed E-state index contributed by atoms with van der Waals surface area (Å²) in [6.07, 6.45) is 1.85. The summed E-state index contributed by atoms with van der Waals surface area (Å²) < 4.78 is 0. The quantitative estimate of drug-likeness (QED) is 0.624. The summed E-state index contributed by atoms with van der Waals surface area (Å²) >= 11 is 0. The minimum absolute atomic E-state index is 0. The van der Waals surface area contributed by atoms with Crippen molar-refractivity contribution in [1.82, 2.24) is 4.98 Å². The molecule has 0 saturated carbocycles. The Kier molecular flexibility index (Phi) is 2.06. The number of H-pyrrole nitrogens is 1. The first-order valence-electron chi connectivity index (χ1n) is 3.12. The van der Waals surface area contributed by atoms with Crippen LogP contribution in [0.5, 0.6) is 5.75 Å². The van der Waals surface area contributed by atoms with E-state index in [1.54, 1.807) is 12.1 Å². The molecule has 3 heteroatoms. The number of benzene rings is 1. The number of hydrogen-bond donors (Lipinski definition) is 2. The Morgan fingerprint density at radius 3 is 2.82 bits per heavy atom. The van der Waals surface area contributed by atoms with Crippen molar-refractivity contribution in [2.75, 3.05) is 0 Å². The summed E-state index contributed by atoms with van der Waals surface area (Å²) in [6.45, 7) is 0. The van der Waals surface area contributed by atoms with Gasteiger partial charge in [-0.15, -0.1) is 12.4 Å². The largest absolute Gasteiger partial charge is 0.508 e.